The third-order valence-corrected chi connectivity index (χ3v) is 3.25. The third-order valence-electron chi connectivity index (χ3n) is 3.25. The van der Waals surface area contributed by atoms with E-state index in [9.17, 15) is 0 Å². The second-order valence-electron chi connectivity index (χ2n) is 5.26. The summed E-state index contributed by atoms with van der Waals surface area (Å²) in [5, 5.41) is 4.63. The number of pyridine rings is 1. The standard InChI is InChI=1S/C16H22N2/c1-6-17-16-14(10(2)3)9-13-8-11(4)7-12(5)15(13)18-16/h7-10H,6H2,1-5H3,(H,17,18). The number of hydrogen-bond acceptors (Lipinski definition) is 2. The van der Waals surface area contributed by atoms with Crippen molar-refractivity contribution in [3.05, 3.63) is 34.9 Å². The van der Waals surface area contributed by atoms with E-state index in [0.717, 1.165) is 17.9 Å². The van der Waals surface area contributed by atoms with E-state index in [-0.39, 0.29) is 0 Å². The summed E-state index contributed by atoms with van der Waals surface area (Å²) in [6.45, 7) is 11.7. The van der Waals surface area contributed by atoms with Gasteiger partial charge < -0.3 is 5.32 Å². The lowest BCUT2D eigenvalue weighted by atomic mass is 9.99. The van der Waals surface area contributed by atoms with Crippen molar-refractivity contribution in [1.29, 1.82) is 0 Å². The first kappa shape index (κ1) is 12.9. The fourth-order valence-corrected chi connectivity index (χ4v) is 2.42. The Bertz CT molecular complexity index is 571. The van der Waals surface area contributed by atoms with Gasteiger partial charge in [0.25, 0.3) is 0 Å². The molecule has 1 aromatic heterocycles. The number of nitrogens with zero attached hydrogens (tertiary/aromatic N) is 1. The SMILES string of the molecule is CCNc1nc2c(C)cc(C)cc2cc1C(C)C. The van der Waals surface area contributed by atoms with E-state index in [4.69, 9.17) is 4.98 Å². The summed E-state index contributed by atoms with van der Waals surface area (Å²) in [6, 6.07) is 6.70. The minimum absolute atomic E-state index is 0.483. The molecule has 0 radical (unpaired) electrons. The van der Waals surface area contributed by atoms with Crippen molar-refractivity contribution in [1.82, 2.24) is 4.98 Å². The van der Waals surface area contributed by atoms with Gasteiger partial charge in [0.15, 0.2) is 0 Å². The highest BCUT2D eigenvalue weighted by molar-refractivity contribution is 5.85. The highest BCUT2D eigenvalue weighted by Gasteiger charge is 2.11. The van der Waals surface area contributed by atoms with Crippen LogP contribution in [0.25, 0.3) is 10.9 Å². The van der Waals surface area contributed by atoms with Crippen molar-refractivity contribution in [3.63, 3.8) is 0 Å². The van der Waals surface area contributed by atoms with Gasteiger partial charge in [-0.05, 0) is 49.9 Å². The Labute approximate surface area is 109 Å². The van der Waals surface area contributed by atoms with Crippen LogP contribution in [0.2, 0.25) is 0 Å². The van der Waals surface area contributed by atoms with Crippen LogP contribution in [0.15, 0.2) is 18.2 Å². The van der Waals surface area contributed by atoms with E-state index in [1.807, 2.05) is 0 Å². The molecule has 2 nitrogen and oxygen atoms in total. The van der Waals surface area contributed by atoms with E-state index < -0.39 is 0 Å². The lowest BCUT2D eigenvalue weighted by molar-refractivity contribution is 0.861. The van der Waals surface area contributed by atoms with Gasteiger partial charge in [-0.1, -0.05) is 25.5 Å². The zero-order valence-corrected chi connectivity index (χ0v) is 12.0. The molecule has 0 saturated heterocycles. The second kappa shape index (κ2) is 4.97. The number of fused-ring (bicyclic) bond motifs is 1. The first-order valence-corrected chi connectivity index (χ1v) is 6.68. The maximum Gasteiger partial charge on any atom is 0.130 e. The first-order chi connectivity index (χ1) is 8.52. The van der Waals surface area contributed by atoms with Crippen molar-refractivity contribution in [2.45, 2.75) is 40.5 Å². The van der Waals surface area contributed by atoms with Gasteiger partial charge in [0, 0.05) is 11.9 Å². The van der Waals surface area contributed by atoms with Gasteiger partial charge in [0.1, 0.15) is 5.82 Å². The fraction of sp³-hybridized carbons (Fsp3) is 0.438. The van der Waals surface area contributed by atoms with E-state index in [0.29, 0.717) is 5.92 Å². The number of aromatic nitrogens is 1. The molecular weight excluding hydrogens is 220 g/mol. The number of rotatable bonds is 3. The Morgan fingerprint density at radius 2 is 1.89 bits per heavy atom. The molecule has 0 unspecified atom stereocenters. The first-order valence-electron chi connectivity index (χ1n) is 6.68. The van der Waals surface area contributed by atoms with Crippen LogP contribution in [0.4, 0.5) is 5.82 Å². The number of aryl methyl sites for hydroxylation is 2. The van der Waals surface area contributed by atoms with Crippen LogP contribution in [0.5, 0.6) is 0 Å². The molecule has 96 valence electrons. The summed E-state index contributed by atoms with van der Waals surface area (Å²) in [7, 11) is 0. The summed E-state index contributed by atoms with van der Waals surface area (Å²) in [4.78, 5) is 4.82. The van der Waals surface area contributed by atoms with Crippen molar-refractivity contribution in [2.75, 3.05) is 11.9 Å². The fourth-order valence-electron chi connectivity index (χ4n) is 2.42. The van der Waals surface area contributed by atoms with Crippen molar-refractivity contribution in [3.8, 4) is 0 Å². The monoisotopic (exact) mass is 242 g/mol. The summed E-state index contributed by atoms with van der Waals surface area (Å²) in [5.41, 5.74) is 4.96. The Balaban J connectivity index is 2.72. The average Bonchev–Trinajstić information content (AvgIpc) is 2.29. The van der Waals surface area contributed by atoms with Gasteiger partial charge in [0.2, 0.25) is 0 Å². The highest BCUT2D eigenvalue weighted by Crippen LogP contribution is 2.28. The topological polar surface area (TPSA) is 24.9 Å². The normalized spacial score (nSPS) is 11.2. The van der Waals surface area contributed by atoms with E-state index in [1.165, 1.54) is 22.1 Å². The second-order valence-corrected chi connectivity index (χ2v) is 5.26. The zero-order chi connectivity index (χ0) is 13.3. The Kier molecular flexibility index (Phi) is 3.55. The van der Waals surface area contributed by atoms with Crippen LogP contribution in [-0.2, 0) is 0 Å². The molecule has 1 heterocycles. The summed E-state index contributed by atoms with van der Waals surface area (Å²) in [6.07, 6.45) is 0. The number of anilines is 1. The molecule has 2 rings (SSSR count). The molecular formula is C16H22N2. The van der Waals surface area contributed by atoms with Crippen LogP contribution in [0, 0.1) is 13.8 Å². The zero-order valence-electron chi connectivity index (χ0n) is 12.0. The molecule has 2 aromatic rings. The smallest absolute Gasteiger partial charge is 0.130 e. The summed E-state index contributed by atoms with van der Waals surface area (Å²) in [5.74, 6) is 1.52. The molecule has 0 fully saturated rings. The van der Waals surface area contributed by atoms with Crippen molar-refractivity contribution >= 4 is 16.7 Å². The minimum atomic E-state index is 0.483. The lowest BCUT2D eigenvalue weighted by Crippen LogP contribution is -2.05. The molecule has 0 aliphatic rings. The molecule has 0 spiro atoms. The van der Waals surface area contributed by atoms with Crippen molar-refractivity contribution in [2.24, 2.45) is 0 Å². The Morgan fingerprint density at radius 3 is 2.50 bits per heavy atom. The molecule has 1 N–H and O–H groups in total. The van der Waals surface area contributed by atoms with Crippen LogP contribution in [0.1, 0.15) is 43.4 Å². The molecule has 0 atom stereocenters. The van der Waals surface area contributed by atoms with E-state index >= 15 is 0 Å². The number of nitrogens with one attached hydrogen (secondary N) is 1. The maximum atomic E-state index is 4.82. The molecule has 18 heavy (non-hydrogen) atoms. The van der Waals surface area contributed by atoms with Gasteiger partial charge in [-0.2, -0.15) is 0 Å². The van der Waals surface area contributed by atoms with Crippen LogP contribution in [-0.4, -0.2) is 11.5 Å². The Hall–Kier alpha value is -1.57. The molecule has 0 aliphatic carbocycles. The van der Waals surface area contributed by atoms with Crippen LogP contribution >= 0.6 is 0 Å². The maximum absolute atomic E-state index is 4.82. The number of hydrogen-bond donors (Lipinski definition) is 1. The quantitative estimate of drug-likeness (QED) is 0.862. The largest absolute Gasteiger partial charge is 0.370 e. The molecule has 1 aromatic carbocycles. The minimum Gasteiger partial charge on any atom is -0.370 e. The van der Waals surface area contributed by atoms with Crippen LogP contribution < -0.4 is 5.32 Å². The molecule has 0 saturated carbocycles. The molecule has 2 heteroatoms. The Morgan fingerprint density at radius 1 is 1.17 bits per heavy atom. The van der Waals surface area contributed by atoms with E-state index in [2.05, 4.69) is 58.1 Å². The average molecular weight is 242 g/mol. The van der Waals surface area contributed by atoms with E-state index in [1.54, 1.807) is 0 Å². The molecule has 0 amide bonds. The van der Waals surface area contributed by atoms with Gasteiger partial charge in [-0.25, -0.2) is 4.98 Å². The van der Waals surface area contributed by atoms with Crippen LogP contribution in [0.3, 0.4) is 0 Å². The highest BCUT2D eigenvalue weighted by atomic mass is 15.0. The van der Waals surface area contributed by atoms with Gasteiger partial charge in [-0.3, -0.25) is 0 Å². The molecule has 0 bridgehead atoms. The van der Waals surface area contributed by atoms with Gasteiger partial charge in [0.05, 0.1) is 5.52 Å². The van der Waals surface area contributed by atoms with Crippen molar-refractivity contribution < 1.29 is 0 Å². The molecule has 0 aliphatic heterocycles. The lowest BCUT2D eigenvalue weighted by Gasteiger charge is -2.15. The summed E-state index contributed by atoms with van der Waals surface area (Å²) < 4.78 is 0. The predicted octanol–water partition coefficient (Wildman–Crippen LogP) is 4.41. The number of benzene rings is 1. The summed E-state index contributed by atoms with van der Waals surface area (Å²) >= 11 is 0. The predicted molar refractivity (Wildman–Crippen MR) is 79.5 cm³/mol. The third kappa shape index (κ3) is 2.33. The van der Waals surface area contributed by atoms with Gasteiger partial charge >= 0.3 is 0 Å². The van der Waals surface area contributed by atoms with Gasteiger partial charge in [-0.15, -0.1) is 0 Å².